The van der Waals surface area contributed by atoms with Crippen LogP contribution in [-0.4, -0.2) is 20.3 Å². The summed E-state index contributed by atoms with van der Waals surface area (Å²) in [6, 6.07) is 0. The van der Waals surface area contributed by atoms with Crippen molar-refractivity contribution in [1.29, 1.82) is 0 Å². The molecule has 0 bridgehead atoms. The zero-order valence-electron chi connectivity index (χ0n) is 8.25. The number of hydrogen-bond donors (Lipinski definition) is 1. The molecule has 1 heterocycles. The first-order chi connectivity index (χ1) is 6.11. The summed E-state index contributed by atoms with van der Waals surface area (Å²) >= 11 is 0. The van der Waals surface area contributed by atoms with Gasteiger partial charge in [-0.1, -0.05) is 0 Å². The Morgan fingerprint density at radius 2 is 2.15 bits per heavy atom. The minimum atomic E-state index is 0.00718. The van der Waals surface area contributed by atoms with Crippen LogP contribution in [-0.2, 0) is 13.5 Å². The number of rotatable bonds is 2. The lowest BCUT2D eigenvalue weighted by Gasteiger charge is -2.37. The summed E-state index contributed by atoms with van der Waals surface area (Å²) < 4.78 is 2.02. The molecule has 0 radical (unpaired) electrons. The fourth-order valence-electron chi connectivity index (χ4n) is 1.73. The maximum Gasteiger partial charge on any atom is 0.134 e. The number of nitrogens with zero attached hydrogens (tertiary/aromatic N) is 3. The fraction of sp³-hybridized carbons (Fsp3) is 0.778. The highest BCUT2D eigenvalue weighted by Gasteiger charge is 2.34. The number of nitrogens with two attached hydrogens (primary N) is 1. The van der Waals surface area contributed by atoms with Crippen molar-refractivity contribution in [2.45, 2.75) is 38.1 Å². The van der Waals surface area contributed by atoms with Gasteiger partial charge in [-0.25, -0.2) is 0 Å². The fourth-order valence-corrected chi connectivity index (χ4v) is 1.73. The zero-order chi connectivity index (χ0) is 9.47. The van der Waals surface area contributed by atoms with Crippen LogP contribution in [0.15, 0.2) is 0 Å². The van der Waals surface area contributed by atoms with Gasteiger partial charge in [0.1, 0.15) is 11.6 Å². The molecule has 0 amide bonds. The smallest absolute Gasteiger partial charge is 0.134 e. The molecule has 1 aromatic heterocycles. The second-order valence-electron chi connectivity index (χ2n) is 4.12. The molecule has 2 rings (SSSR count). The monoisotopic (exact) mass is 180 g/mol. The molecule has 1 aliphatic carbocycles. The molecule has 0 spiro atoms. The standard InChI is InChI=1S/C9H16N4/c1-7-11-12-8(13(7)2)6-9(10)4-3-5-9/h3-6,10H2,1-2H3. The van der Waals surface area contributed by atoms with E-state index < -0.39 is 0 Å². The minimum absolute atomic E-state index is 0.00718. The quantitative estimate of drug-likeness (QED) is 0.723. The Morgan fingerprint density at radius 1 is 1.46 bits per heavy atom. The third-order valence-electron chi connectivity index (χ3n) is 3.04. The normalized spacial score (nSPS) is 19.9. The van der Waals surface area contributed by atoms with E-state index in [2.05, 4.69) is 10.2 Å². The van der Waals surface area contributed by atoms with Crippen molar-refractivity contribution in [2.75, 3.05) is 0 Å². The van der Waals surface area contributed by atoms with E-state index in [1.807, 2.05) is 18.5 Å². The molecule has 4 nitrogen and oxygen atoms in total. The van der Waals surface area contributed by atoms with Gasteiger partial charge in [-0.15, -0.1) is 10.2 Å². The van der Waals surface area contributed by atoms with Crippen LogP contribution in [0.5, 0.6) is 0 Å². The van der Waals surface area contributed by atoms with Crippen LogP contribution in [0.2, 0.25) is 0 Å². The molecule has 2 N–H and O–H groups in total. The summed E-state index contributed by atoms with van der Waals surface area (Å²) in [6.45, 7) is 1.96. The van der Waals surface area contributed by atoms with E-state index in [1.165, 1.54) is 6.42 Å². The number of aromatic nitrogens is 3. The molecule has 0 atom stereocenters. The summed E-state index contributed by atoms with van der Waals surface area (Å²) in [5, 5.41) is 8.13. The average molecular weight is 180 g/mol. The van der Waals surface area contributed by atoms with Gasteiger partial charge in [-0.2, -0.15) is 0 Å². The Bertz CT molecular complexity index is 311. The average Bonchev–Trinajstić information content (AvgIpc) is 2.33. The third-order valence-corrected chi connectivity index (χ3v) is 3.04. The minimum Gasteiger partial charge on any atom is -0.325 e. The lowest BCUT2D eigenvalue weighted by molar-refractivity contribution is 0.241. The first kappa shape index (κ1) is 8.69. The first-order valence-corrected chi connectivity index (χ1v) is 4.74. The number of hydrogen-bond acceptors (Lipinski definition) is 3. The van der Waals surface area contributed by atoms with Gasteiger partial charge in [0.2, 0.25) is 0 Å². The van der Waals surface area contributed by atoms with Crippen molar-refractivity contribution in [1.82, 2.24) is 14.8 Å². The molecule has 4 heteroatoms. The molecule has 1 aliphatic rings. The van der Waals surface area contributed by atoms with Gasteiger partial charge < -0.3 is 10.3 Å². The first-order valence-electron chi connectivity index (χ1n) is 4.74. The Morgan fingerprint density at radius 3 is 2.54 bits per heavy atom. The van der Waals surface area contributed by atoms with Crippen LogP contribution in [0, 0.1) is 6.92 Å². The Kier molecular flexibility index (Phi) is 1.87. The van der Waals surface area contributed by atoms with Gasteiger partial charge in [-0.3, -0.25) is 0 Å². The zero-order valence-corrected chi connectivity index (χ0v) is 8.25. The van der Waals surface area contributed by atoms with Crippen LogP contribution >= 0.6 is 0 Å². The predicted molar refractivity (Wildman–Crippen MR) is 50.2 cm³/mol. The molecule has 0 aromatic carbocycles. The van der Waals surface area contributed by atoms with E-state index in [4.69, 9.17) is 5.73 Å². The lowest BCUT2D eigenvalue weighted by atomic mass is 9.75. The maximum absolute atomic E-state index is 6.13. The molecule has 1 saturated carbocycles. The highest BCUT2D eigenvalue weighted by Crippen LogP contribution is 2.31. The molecule has 72 valence electrons. The summed E-state index contributed by atoms with van der Waals surface area (Å²) in [5.41, 5.74) is 6.14. The Hall–Kier alpha value is -0.900. The summed E-state index contributed by atoms with van der Waals surface area (Å²) in [7, 11) is 1.99. The van der Waals surface area contributed by atoms with E-state index in [0.29, 0.717) is 0 Å². The number of aryl methyl sites for hydroxylation is 1. The molecule has 0 aliphatic heterocycles. The van der Waals surface area contributed by atoms with Gasteiger partial charge in [0, 0.05) is 19.0 Å². The van der Waals surface area contributed by atoms with E-state index >= 15 is 0 Å². The highest BCUT2D eigenvalue weighted by molar-refractivity contribution is 5.04. The van der Waals surface area contributed by atoms with Gasteiger partial charge in [0.15, 0.2) is 0 Å². The van der Waals surface area contributed by atoms with E-state index in [9.17, 15) is 0 Å². The highest BCUT2D eigenvalue weighted by atomic mass is 15.3. The van der Waals surface area contributed by atoms with Crippen molar-refractivity contribution >= 4 is 0 Å². The van der Waals surface area contributed by atoms with Crippen LogP contribution in [0.25, 0.3) is 0 Å². The van der Waals surface area contributed by atoms with E-state index in [0.717, 1.165) is 30.9 Å². The van der Waals surface area contributed by atoms with Crippen molar-refractivity contribution in [2.24, 2.45) is 12.8 Å². The van der Waals surface area contributed by atoms with Gasteiger partial charge in [0.05, 0.1) is 0 Å². The van der Waals surface area contributed by atoms with Crippen LogP contribution in [0.4, 0.5) is 0 Å². The summed E-state index contributed by atoms with van der Waals surface area (Å²) in [6.07, 6.45) is 4.37. The largest absolute Gasteiger partial charge is 0.325 e. The summed E-state index contributed by atoms with van der Waals surface area (Å²) in [5.74, 6) is 1.97. The molecular formula is C9H16N4. The summed E-state index contributed by atoms with van der Waals surface area (Å²) in [4.78, 5) is 0. The molecule has 13 heavy (non-hydrogen) atoms. The molecule has 1 aromatic rings. The van der Waals surface area contributed by atoms with Crippen LogP contribution < -0.4 is 5.73 Å². The molecule has 1 fully saturated rings. The second-order valence-corrected chi connectivity index (χ2v) is 4.12. The van der Waals surface area contributed by atoms with Crippen molar-refractivity contribution < 1.29 is 0 Å². The van der Waals surface area contributed by atoms with Crippen molar-refractivity contribution in [3.05, 3.63) is 11.6 Å². The topological polar surface area (TPSA) is 56.7 Å². The van der Waals surface area contributed by atoms with E-state index in [1.54, 1.807) is 0 Å². The molecular weight excluding hydrogens is 164 g/mol. The predicted octanol–water partition coefficient (Wildman–Crippen LogP) is 0.547. The SMILES string of the molecule is Cc1nnc(CC2(N)CCC2)n1C. The van der Waals surface area contributed by atoms with Crippen LogP contribution in [0.3, 0.4) is 0 Å². The van der Waals surface area contributed by atoms with Crippen molar-refractivity contribution in [3.8, 4) is 0 Å². The van der Waals surface area contributed by atoms with Crippen molar-refractivity contribution in [3.63, 3.8) is 0 Å². The Balaban J connectivity index is 2.13. The lowest BCUT2D eigenvalue weighted by Crippen LogP contribution is -2.48. The second kappa shape index (κ2) is 2.80. The molecule has 0 unspecified atom stereocenters. The van der Waals surface area contributed by atoms with Crippen LogP contribution in [0.1, 0.15) is 30.9 Å². The maximum atomic E-state index is 6.13. The third kappa shape index (κ3) is 1.46. The molecule has 0 saturated heterocycles. The van der Waals surface area contributed by atoms with E-state index in [-0.39, 0.29) is 5.54 Å². The van der Waals surface area contributed by atoms with Gasteiger partial charge in [0.25, 0.3) is 0 Å². The Labute approximate surface area is 78.1 Å². The van der Waals surface area contributed by atoms with Gasteiger partial charge >= 0.3 is 0 Å². The van der Waals surface area contributed by atoms with Gasteiger partial charge in [-0.05, 0) is 26.2 Å².